The molecule has 5 heteroatoms. The number of hydrogen-bond acceptors (Lipinski definition) is 2. The minimum absolute atomic E-state index is 0.0968. The van der Waals surface area contributed by atoms with Crippen LogP contribution in [0, 0.1) is 0 Å². The number of rotatable bonds is 7. The topological polar surface area (TPSA) is 32.3 Å². The van der Waals surface area contributed by atoms with Gasteiger partial charge in [0.05, 0.1) is 16.6 Å². The first kappa shape index (κ1) is 17.3. The summed E-state index contributed by atoms with van der Waals surface area (Å²) in [6, 6.07) is 5.61. The molecule has 1 amide bonds. The molecular weight excluding hydrogens is 295 g/mol. The highest BCUT2D eigenvalue weighted by molar-refractivity contribution is 6.42. The van der Waals surface area contributed by atoms with E-state index in [1.165, 1.54) is 0 Å². The molecule has 0 fully saturated rings. The predicted molar refractivity (Wildman–Crippen MR) is 85.3 cm³/mol. The molecule has 1 N–H and O–H groups in total. The largest absolute Gasteiger partial charge is 0.335 e. The van der Waals surface area contributed by atoms with Gasteiger partial charge in [-0.25, -0.2) is 0 Å². The molecule has 1 aromatic rings. The molecule has 20 heavy (non-hydrogen) atoms. The van der Waals surface area contributed by atoms with Crippen molar-refractivity contribution >= 4 is 29.1 Å². The summed E-state index contributed by atoms with van der Waals surface area (Å²) in [5, 5.41) is 4.19. The molecule has 3 nitrogen and oxygen atoms in total. The molecule has 0 aliphatic heterocycles. The van der Waals surface area contributed by atoms with Crippen LogP contribution in [0.2, 0.25) is 10.0 Å². The van der Waals surface area contributed by atoms with Crippen LogP contribution in [0.4, 0.5) is 0 Å². The Balaban J connectivity index is 2.71. The van der Waals surface area contributed by atoms with E-state index >= 15 is 0 Å². The monoisotopic (exact) mass is 316 g/mol. The molecule has 0 atom stereocenters. The van der Waals surface area contributed by atoms with Gasteiger partial charge in [0.2, 0.25) is 5.91 Å². The SMILES string of the molecule is CCCNCC(=O)N(Cc1ccc(Cl)c(Cl)c1)C(C)C. The number of hydrogen-bond donors (Lipinski definition) is 1. The molecule has 1 rings (SSSR count). The highest BCUT2D eigenvalue weighted by Crippen LogP contribution is 2.23. The minimum Gasteiger partial charge on any atom is -0.335 e. The van der Waals surface area contributed by atoms with Crippen LogP contribution in [0.25, 0.3) is 0 Å². The van der Waals surface area contributed by atoms with E-state index in [1.807, 2.05) is 30.9 Å². The van der Waals surface area contributed by atoms with Crippen molar-refractivity contribution in [1.29, 1.82) is 0 Å². The zero-order chi connectivity index (χ0) is 15.1. The van der Waals surface area contributed by atoms with E-state index < -0.39 is 0 Å². The number of carbonyl (C=O) groups excluding carboxylic acids is 1. The number of benzene rings is 1. The maximum absolute atomic E-state index is 12.2. The van der Waals surface area contributed by atoms with E-state index in [1.54, 1.807) is 6.07 Å². The third kappa shape index (κ3) is 5.31. The molecule has 0 aliphatic carbocycles. The number of carbonyl (C=O) groups is 1. The number of amides is 1. The molecular formula is C15H22Cl2N2O. The van der Waals surface area contributed by atoms with Gasteiger partial charge in [0.1, 0.15) is 0 Å². The predicted octanol–water partition coefficient (Wildman–Crippen LogP) is 3.73. The van der Waals surface area contributed by atoms with E-state index in [-0.39, 0.29) is 11.9 Å². The lowest BCUT2D eigenvalue weighted by Gasteiger charge is -2.27. The average Bonchev–Trinajstić information content (AvgIpc) is 2.39. The van der Waals surface area contributed by atoms with Crippen LogP contribution in [0.5, 0.6) is 0 Å². The van der Waals surface area contributed by atoms with Crippen molar-refractivity contribution in [3.8, 4) is 0 Å². The molecule has 1 aromatic carbocycles. The standard InChI is InChI=1S/C15H22Cl2N2O/c1-4-7-18-9-15(20)19(11(2)3)10-12-5-6-13(16)14(17)8-12/h5-6,8,11,18H,4,7,9-10H2,1-3H3. The summed E-state index contributed by atoms with van der Waals surface area (Å²) in [4.78, 5) is 14.1. The van der Waals surface area contributed by atoms with Crippen LogP contribution < -0.4 is 5.32 Å². The maximum atomic E-state index is 12.2. The Labute approximate surface area is 131 Å². The summed E-state index contributed by atoms with van der Waals surface area (Å²) in [6.45, 7) is 7.86. The zero-order valence-electron chi connectivity index (χ0n) is 12.2. The Kier molecular flexibility index (Phi) is 7.35. The normalized spacial score (nSPS) is 10.9. The van der Waals surface area contributed by atoms with Crippen molar-refractivity contribution in [1.82, 2.24) is 10.2 Å². The van der Waals surface area contributed by atoms with Gasteiger partial charge in [0.25, 0.3) is 0 Å². The molecule has 0 aliphatic rings. The Morgan fingerprint density at radius 1 is 1.30 bits per heavy atom. The summed E-state index contributed by atoms with van der Waals surface area (Å²) in [7, 11) is 0. The fourth-order valence-electron chi connectivity index (χ4n) is 1.87. The Morgan fingerprint density at radius 3 is 2.55 bits per heavy atom. The second-order valence-corrected chi connectivity index (χ2v) is 5.86. The Hall–Kier alpha value is -0.770. The van der Waals surface area contributed by atoms with Crippen molar-refractivity contribution in [3.05, 3.63) is 33.8 Å². The van der Waals surface area contributed by atoms with Crippen molar-refractivity contribution in [2.45, 2.75) is 39.8 Å². The minimum atomic E-state index is 0.0968. The summed E-state index contributed by atoms with van der Waals surface area (Å²) < 4.78 is 0. The van der Waals surface area contributed by atoms with E-state index in [0.717, 1.165) is 18.5 Å². The maximum Gasteiger partial charge on any atom is 0.237 e. The first-order valence-corrected chi connectivity index (χ1v) is 7.65. The third-order valence-electron chi connectivity index (χ3n) is 2.98. The molecule has 0 saturated heterocycles. The van der Waals surface area contributed by atoms with Crippen molar-refractivity contribution < 1.29 is 4.79 Å². The van der Waals surface area contributed by atoms with E-state index in [2.05, 4.69) is 12.2 Å². The number of nitrogens with one attached hydrogen (secondary N) is 1. The molecule has 0 unspecified atom stereocenters. The van der Waals surface area contributed by atoms with Gasteiger partial charge < -0.3 is 10.2 Å². The van der Waals surface area contributed by atoms with E-state index in [9.17, 15) is 4.79 Å². The molecule has 0 radical (unpaired) electrons. The van der Waals surface area contributed by atoms with Crippen LogP contribution in [0.3, 0.4) is 0 Å². The second kappa shape index (κ2) is 8.50. The first-order valence-electron chi connectivity index (χ1n) is 6.89. The molecule has 0 heterocycles. The summed E-state index contributed by atoms with van der Waals surface area (Å²) in [6.07, 6.45) is 1.02. The van der Waals surface area contributed by atoms with Gasteiger partial charge in [-0.15, -0.1) is 0 Å². The second-order valence-electron chi connectivity index (χ2n) is 5.04. The van der Waals surface area contributed by atoms with Crippen LogP contribution in [0.15, 0.2) is 18.2 Å². The zero-order valence-corrected chi connectivity index (χ0v) is 13.8. The van der Waals surface area contributed by atoms with Gasteiger partial charge in [0, 0.05) is 12.6 Å². The molecule has 0 aromatic heterocycles. The molecule has 0 spiro atoms. The van der Waals surface area contributed by atoms with Crippen LogP contribution >= 0.6 is 23.2 Å². The summed E-state index contributed by atoms with van der Waals surface area (Å²) in [5.41, 5.74) is 0.983. The van der Waals surface area contributed by atoms with Crippen LogP contribution in [0.1, 0.15) is 32.8 Å². The number of nitrogens with zero attached hydrogens (tertiary/aromatic N) is 1. The average molecular weight is 317 g/mol. The van der Waals surface area contributed by atoms with Crippen LogP contribution in [-0.4, -0.2) is 29.9 Å². The lowest BCUT2D eigenvalue weighted by molar-refractivity contribution is -0.132. The van der Waals surface area contributed by atoms with Gasteiger partial charge in [0.15, 0.2) is 0 Å². The Bertz CT molecular complexity index is 449. The lowest BCUT2D eigenvalue weighted by Crippen LogP contribution is -2.41. The fourth-order valence-corrected chi connectivity index (χ4v) is 2.19. The molecule has 0 bridgehead atoms. The third-order valence-corrected chi connectivity index (χ3v) is 3.72. The molecule has 0 saturated carbocycles. The first-order chi connectivity index (χ1) is 9.45. The summed E-state index contributed by atoms with van der Waals surface area (Å²) >= 11 is 11.9. The smallest absolute Gasteiger partial charge is 0.237 e. The van der Waals surface area contributed by atoms with Gasteiger partial charge in [-0.2, -0.15) is 0 Å². The van der Waals surface area contributed by atoms with Crippen molar-refractivity contribution in [2.75, 3.05) is 13.1 Å². The highest BCUT2D eigenvalue weighted by atomic mass is 35.5. The van der Waals surface area contributed by atoms with E-state index in [0.29, 0.717) is 23.1 Å². The number of halogens is 2. The van der Waals surface area contributed by atoms with Gasteiger partial charge in [-0.1, -0.05) is 36.2 Å². The van der Waals surface area contributed by atoms with Crippen molar-refractivity contribution in [3.63, 3.8) is 0 Å². The molecule has 112 valence electrons. The van der Waals surface area contributed by atoms with Gasteiger partial charge in [-0.3, -0.25) is 4.79 Å². The quantitative estimate of drug-likeness (QED) is 0.777. The van der Waals surface area contributed by atoms with Crippen LogP contribution in [-0.2, 0) is 11.3 Å². The Morgan fingerprint density at radius 2 is 2.00 bits per heavy atom. The van der Waals surface area contributed by atoms with Gasteiger partial charge >= 0.3 is 0 Å². The van der Waals surface area contributed by atoms with E-state index in [4.69, 9.17) is 23.2 Å². The fraction of sp³-hybridized carbons (Fsp3) is 0.533. The van der Waals surface area contributed by atoms with Gasteiger partial charge in [-0.05, 0) is 44.5 Å². The highest BCUT2D eigenvalue weighted by Gasteiger charge is 2.17. The lowest BCUT2D eigenvalue weighted by atomic mass is 10.2. The summed E-state index contributed by atoms with van der Waals surface area (Å²) in [5.74, 6) is 0.0968. The van der Waals surface area contributed by atoms with Crippen molar-refractivity contribution in [2.24, 2.45) is 0 Å².